The van der Waals surface area contributed by atoms with E-state index in [-0.39, 0.29) is 17.3 Å². The quantitative estimate of drug-likeness (QED) is 0.753. The molecule has 2 aromatic rings. The van der Waals surface area contributed by atoms with E-state index in [2.05, 4.69) is 28.9 Å². The van der Waals surface area contributed by atoms with Gasteiger partial charge in [0.15, 0.2) is 0 Å². The molecule has 0 bridgehead atoms. The van der Waals surface area contributed by atoms with E-state index < -0.39 is 9.05 Å². The number of hydrogen-bond acceptors (Lipinski definition) is 4. The molecule has 130 valence electrons. The van der Waals surface area contributed by atoms with Crippen molar-refractivity contribution < 1.29 is 8.42 Å². The summed E-state index contributed by atoms with van der Waals surface area (Å²) in [5, 5.41) is 0. The van der Waals surface area contributed by atoms with E-state index in [1.807, 2.05) is 12.3 Å². The molecule has 0 amide bonds. The maximum atomic E-state index is 11.5. The highest BCUT2D eigenvalue weighted by Gasteiger charge is 2.19. The molecule has 1 aromatic heterocycles. The minimum Gasteiger partial charge on any atom is -0.294 e. The number of pyridine rings is 1. The highest BCUT2D eigenvalue weighted by atomic mass is 35.7. The van der Waals surface area contributed by atoms with E-state index in [1.165, 1.54) is 11.1 Å². The van der Waals surface area contributed by atoms with Crippen LogP contribution < -0.4 is 0 Å². The molecule has 7 heteroatoms. The summed E-state index contributed by atoms with van der Waals surface area (Å²) >= 11 is 0. The van der Waals surface area contributed by atoms with E-state index in [0.29, 0.717) is 0 Å². The third-order valence-corrected chi connectivity index (χ3v) is 5.56. The second-order valence-corrected chi connectivity index (χ2v) is 8.41. The summed E-state index contributed by atoms with van der Waals surface area (Å²) in [6.07, 6.45) is 3.78. The van der Waals surface area contributed by atoms with Crippen molar-refractivity contribution >= 4 is 32.1 Å². The van der Waals surface area contributed by atoms with Gasteiger partial charge in [0.1, 0.15) is 0 Å². The number of nitrogens with zero attached hydrogens (tertiary/aromatic N) is 2. The van der Waals surface area contributed by atoms with Crippen LogP contribution in [0.2, 0.25) is 0 Å². The Bertz CT molecular complexity index is 808. The van der Waals surface area contributed by atoms with Gasteiger partial charge in [-0.15, -0.1) is 12.4 Å². The van der Waals surface area contributed by atoms with Gasteiger partial charge in [0.05, 0.1) is 4.90 Å². The number of aromatic nitrogens is 1. The standard InChI is InChI=1S/C17H19ClN2O2S.ClH/c1-2-16-5-3-13(10-19-16)11-20-8-7-14-4-6-17(23(18,21)22)9-15(14)12-20;/h3-6,9-10H,2,7-8,11-12H2,1H3;1H. The molecule has 0 spiro atoms. The van der Waals surface area contributed by atoms with Crippen LogP contribution in [0.5, 0.6) is 0 Å². The molecule has 4 nitrogen and oxygen atoms in total. The Kier molecular flexibility index (Phi) is 6.26. The van der Waals surface area contributed by atoms with Crippen LogP contribution in [-0.2, 0) is 35.0 Å². The van der Waals surface area contributed by atoms with Crippen LogP contribution in [-0.4, -0.2) is 24.8 Å². The summed E-state index contributed by atoms with van der Waals surface area (Å²) in [6, 6.07) is 9.33. The average Bonchev–Trinajstić information content (AvgIpc) is 2.54. The van der Waals surface area contributed by atoms with Crippen LogP contribution in [0.3, 0.4) is 0 Å². The first-order valence-corrected chi connectivity index (χ1v) is 9.99. The molecule has 0 N–H and O–H groups in total. The van der Waals surface area contributed by atoms with Gasteiger partial charge in [-0.25, -0.2) is 8.42 Å². The molecule has 0 atom stereocenters. The molecule has 0 aliphatic carbocycles. The maximum Gasteiger partial charge on any atom is 0.261 e. The Morgan fingerprint density at radius 3 is 2.62 bits per heavy atom. The fraction of sp³-hybridized carbons (Fsp3) is 0.353. The number of benzene rings is 1. The molecule has 2 heterocycles. The van der Waals surface area contributed by atoms with Crippen molar-refractivity contribution in [2.45, 2.75) is 37.8 Å². The summed E-state index contributed by atoms with van der Waals surface area (Å²) < 4.78 is 23.0. The lowest BCUT2D eigenvalue weighted by Gasteiger charge is -2.29. The molecule has 24 heavy (non-hydrogen) atoms. The molecule has 3 rings (SSSR count). The highest BCUT2D eigenvalue weighted by molar-refractivity contribution is 8.13. The summed E-state index contributed by atoms with van der Waals surface area (Å²) in [7, 11) is 1.77. The zero-order valence-electron chi connectivity index (χ0n) is 13.4. The minimum absolute atomic E-state index is 0. The number of rotatable bonds is 4. The maximum absolute atomic E-state index is 11.5. The van der Waals surface area contributed by atoms with E-state index >= 15 is 0 Å². The average molecular weight is 387 g/mol. The van der Waals surface area contributed by atoms with Crippen LogP contribution in [0.1, 0.15) is 29.3 Å². The van der Waals surface area contributed by atoms with Gasteiger partial charge in [0, 0.05) is 42.2 Å². The van der Waals surface area contributed by atoms with Gasteiger partial charge in [0.2, 0.25) is 0 Å². The number of aryl methyl sites for hydroxylation is 1. The fourth-order valence-corrected chi connectivity index (χ4v) is 3.70. The second-order valence-electron chi connectivity index (χ2n) is 5.84. The van der Waals surface area contributed by atoms with Gasteiger partial charge in [-0.1, -0.05) is 19.1 Å². The van der Waals surface area contributed by atoms with Crippen LogP contribution in [0.15, 0.2) is 41.4 Å². The van der Waals surface area contributed by atoms with Gasteiger partial charge in [-0.2, -0.15) is 0 Å². The van der Waals surface area contributed by atoms with Crippen LogP contribution in [0, 0.1) is 0 Å². The van der Waals surface area contributed by atoms with E-state index in [9.17, 15) is 8.42 Å². The third-order valence-electron chi connectivity index (χ3n) is 4.20. The molecule has 0 fully saturated rings. The van der Waals surface area contributed by atoms with Gasteiger partial charge in [0.25, 0.3) is 9.05 Å². The lowest BCUT2D eigenvalue weighted by molar-refractivity contribution is 0.245. The molecular formula is C17H20Cl2N2O2S. The molecular weight excluding hydrogens is 367 g/mol. The Morgan fingerprint density at radius 2 is 2.00 bits per heavy atom. The van der Waals surface area contributed by atoms with Gasteiger partial charge in [-0.3, -0.25) is 9.88 Å². The smallest absolute Gasteiger partial charge is 0.261 e. The Hall–Kier alpha value is -1.14. The van der Waals surface area contributed by atoms with Gasteiger partial charge in [-0.05, 0) is 47.7 Å². The molecule has 0 unspecified atom stereocenters. The molecule has 1 aliphatic heterocycles. The fourth-order valence-electron chi connectivity index (χ4n) is 2.89. The first-order valence-electron chi connectivity index (χ1n) is 7.68. The predicted molar refractivity (Wildman–Crippen MR) is 98.2 cm³/mol. The van der Waals surface area contributed by atoms with Crippen molar-refractivity contribution in [2.24, 2.45) is 0 Å². The topological polar surface area (TPSA) is 50.3 Å². The van der Waals surface area contributed by atoms with Crippen molar-refractivity contribution in [3.05, 3.63) is 58.9 Å². The molecule has 0 saturated heterocycles. The predicted octanol–water partition coefficient (Wildman–Crippen LogP) is 3.55. The number of hydrogen-bond donors (Lipinski definition) is 0. The third kappa shape index (κ3) is 4.48. The van der Waals surface area contributed by atoms with E-state index in [4.69, 9.17) is 10.7 Å². The summed E-state index contributed by atoms with van der Waals surface area (Å²) in [4.78, 5) is 6.91. The van der Waals surface area contributed by atoms with Crippen molar-refractivity contribution in [3.8, 4) is 0 Å². The van der Waals surface area contributed by atoms with Crippen LogP contribution in [0.25, 0.3) is 0 Å². The van der Waals surface area contributed by atoms with Crippen LogP contribution in [0.4, 0.5) is 0 Å². The van der Waals surface area contributed by atoms with Crippen molar-refractivity contribution in [2.75, 3.05) is 6.54 Å². The van der Waals surface area contributed by atoms with Gasteiger partial charge >= 0.3 is 0 Å². The lowest BCUT2D eigenvalue weighted by atomic mass is 9.99. The first-order chi connectivity index (χ1) is 11.0. The number of halogens is 2. The SMILES string of the molecule is CCc1ccc(CN2CCc3ccc(S(=O)(=O)Cl)cc3C2)cn1.Cl. The molecule has 0 radical (unpaired) electrons. The highest BCUT2D eigenvalue weighted by Crippen LogP contribution is 2.25. The van der Waals surface area contributed by atoms with Crippen molar-refractivity contribution in [1.82, 2.24) is 9.88 Å². The minimum atomic E-state index is -3.68. The first kappa shape index (κ1) is 19.2. The Morgan fingerprint density at radius 1 is 1.21 bits per heavy atom. The number of fused-ring (bicyclic) bond motifs is 1. The monoisotopic (exact) mass is 386 g/mol. The molecule has 1 aromatic carbocycles. The second kappa shape index (κ2) is 7.83. The van der Waals surface area contributed by atoms with E-state index in [1.54, 1.807) is 12.1 Å². The summed E-state index contributed by atoms with van der Waals surface area (Å²) in [6.45, 7) is 4.58. The molecule has 0 saturated carbocycles. The van der Waals surface area contributed by atoms with Crippen molar-refractivity contribution in [1.29, 1.82) is 0 Å². The summed E-state index contributed by atoms with van der Waals surface area (Å²) in [5.41, 5.74) is 4.50. The Balaban J connectivity index is 0.00000208. The van der Waals surface area contributed by atoms with Crippen molar-refractivity contribution in [3.63, 3.8) is 0 Å². The lowest BCUT2D eigenvalue weighted by Crippen LogP contribution is -2.30. The molecule has 1 aliphatic rings. The van der Waals surface area contributed by atoms with E-state index in [0.717, 1.165) is 43.7 Å². The zero-order valence-corrected chi connectivity index (χ0v) is 15.8. The van der Waals surface area contributed by atoms with Gasteiger partial charge < -0.3 is 0 Å². The van der Waals surface area contributed by atoms with Crippen LogP contribution >= 0.6 is 23.1 Å². The largest absolute Gasteiger partial charge is 0.294 e. The Labute approximate surface area is 153 Å². The zero-order chi connectivity index (χ0) is 16.4. The normalized spacial score (nSPS) is 14.8. The summed E-state index contributed by atoms with van der Waals surface area (Å²) in [5.74, 6) is 0.